The summed E-state index contributed by atoms with van der Waals surface area (Å²) < 4.78 is 33.0. The molecule has 3 aromatic carbocycles. The van der Waals surface area contributed by atoms with Gasteiger partial charge in [0.05, 0.1) is 54.9 Å². The number of hydrogen-bond acceptors (Lipinski definition) is 5. The van der Waals surface area contributed by atoms with Crippen LogP contribution in [0.5, 0.6) is 5.75 Å². The summed E-state index contributed by atoms with van der Waals surface area (Å²) in [6.07, 6.45) is 1.95. The Morgan fingerprint density at radius 1 is 1.15 bits per heavy atom. The smallest absolute Gasteiger partial charge is 0.355 e. The normalized spacial score (nSPS) is 13.1. The zero-order valence-corrected chi connectivity index (χ0v) is 23.8. The van der Waals surface area contributed by atoms with Crippen molar-refractivity contribution in [3.05, 3.63) is 82.0 Å². The quantitative estimate of drug-likeness (QED) is 0.148. The third kappa shape index (κ3) is 5.06. The second kappa shape index (κ2) is 11.5. The Labute approximate surface area is 242 Å². The van der Waals surface area contributed by atoms with Crippen molar-refractivity contribution in [3.8, 4) is 16.9 Å². The standard InChI is InChI=1S/C32H31ClFN3O4/c1-3-25-29(26-18-39-16-14-37(26)36-25)28-24(33)13-12-23-22(31(35-30(23)28)32(38)40-4-2)8-6-15-41-27-9-5-7-19-17-20(34)10-11-21(19)27/h5,7,9-13,17,35H,3-4,6,8,14-16,18H2,1-2H3. The lowest BCUT2D eigenvalue weighted by Gasteiger charge is -2.16. The number of halogens is 2. The van der Waals surface area contributed by atoms with Crippen molar-refractivity contribution in [1.82, 2.24) is 14.8 Å². The van der Waals surface area contributed by atoms with Crippen LogP contribution in [0.2, 0.25) is 5.02 Å². The number of ether oxygens (including phenoxy) is 3. The zero-order valence-electron chi connectivity index (χ0n) is 23.1. The number of nitrogens with zero attached hydrogens (tertiary/aromatic N) is 2. The first-order valence-corrected chi connectivity index (χ1v) is 14.4. The van der Waals surface area contributed by atoms with Gasteiger partial charge in [-0.2, -0.15) is 5.10 Å². The van der Waals surface area contributed by atoms with E-state index in [1.165, 1.54) is 12.1 Å². The monoisotopic (exact) mass is 575 g/mol. The molecule has 0 atom stereocenters. The van der Waals surface area contributed by atoms with E-state index in [-0.39, 0.29) is 12.4 Å². The molecule has 0 saturated heterocycles. The fraction of sp³-hybridized carbons (Fsp3) is 0.312. The number of rotatable bonds is 9. The molecule has 0 unspecified atom stereocenters. The van der Waals surface area contributed by atoms with Crippen molar-refractivity contribution in [2.75, 3.05) is 19.8 Å². The molecule has 5 aromatic rings. The fourth-order valence-corrected chi connectivity index (χ4v) is 5.95. The molecule has 0 fully saturated rings. The highest BCUT2D eigenvalue weighted by atomic mass is 35.5. The van der Waals surface area contributed by atoms with Gasteiger partial charge in [-0.1, -0.05) is 36.7 Å². The van der Waals surface area contributed by atoms with Gasteiger partial charge >= 0.3 is 5.97 Å². The minimum Gasteiger partial charge on any atom is -0.493 e. The van der Waals surface area contributed by atoms with E-state index in [2.05, 4.69) is 11.9 Å². The maximum atomic E-state index is 13.7. The summed E-state index contributed by atoms with van der Waals surface area (Å²) in [5.41, 5.74) is 5.77. The number of nitrogens with one attached hydrogen (secondary N) is 1. The number of esters is 1. The van der Waals surface area contributed by atoms with Gasteiger partial charge in [-0.15, -0.1) is 0 Å². The van der Waals surface area contributed by atoms with Crippen molar-refractivity contribution in [2.24, 2.45) is 0 Å². The average Bonchev–Trinajstić information content (AvgIpc) is 3.53. The Balaban J connectivity index is 1.36. The van der Waals surface area contributed by atoms with Crippen molar-refractivity contribution in [2.45, 2.75) is 46.3 Å². The SMILES string of the molecule is CCOC(=O)c1[nH]c2c(-c3c(CC)nn4c3COCC4)c(Cl)ccc2c1CCCOc1cccc2cc(F)ccc12. The van der Waals surface area contributed by atoms with E-state index in [9.17, 15) is 9.18 Å². The van der Waals surface area contributed by atoms with Crippen molar-refractivity contribution in [3.63, 3.8) is 0 Å². The van der Waals surface area contributed by atoms with Gasteiger partial charge in [0.1, 0.15) is 17.3 Å². The van der Waals surface area contributed by atoms with Crippen LogP contribution >= 0.6 is 11.6 Å². The number of fused-ring (bicyclic) bond motifs is 3. The van der Waals surface area contributed by atoms with Crippen molar-refractivity contribution in [1.29, 1.82) is 0 Å². The number of benzene rings is 3. The molecular weight excluding hydrogens is 545 g/mol. The minimum absolute atomic E-state index is 0.264. The molecule has 0 amide bonds. The first-order chi connectivity index (χ1) is 20.0. The maximum absolute atomic E-state index is 13.7. The highest BCUT2D eigenvalue weighted by Crippen LogP contribution is 2.41. The Morgan fingerprint density at radius 3 is 2.83 bits per heavy atom. The zero-order chi connectivity index (χ0) is 28.5. The topological polar surface area (TPSA) is 78.4 Å². The van der Waals surface area contributed by atoms with Gasteiger partial charge in [-0.25, -0.2) is 9.18 Å². The van der Waals surface area contributed by atoms with Gasteiger partial charge in [0, 0.05) is 21.9 Å². The third-order valence-electron chi connectivity index (χ3n) is 7.54. The number of carbonyl (C=O) groups is 1. The molecule has 2 aromatic heterocycles. The predicted molar refractivity (Wildman–Crippen MR) is 157 cm³/mol. The van der Waals surface area contributed by atoms with Gasteiger partial charge in [0.15, 0.2) is 0 Å². The summed E-state index contributed by atoms with van der Waals surface area (Å²) in [6, 6.07) is 14.1. The van der Waals surface area contributed by atoms with E-state index in [4.69, 9.17) is 30.9 Å². The number of hydrogen-bond donors (Lipinski definition) is 1. The molecular formula is C32H31ClFN3O4. The van der Waals surface area contributed by atoms with Crippen LogP contribution in [0.15, 0.2) is 48.5 Å². The first-order valence-electron chi connectivity index (χ1n) is 14.0. The van der Waals surface area contributed by atoms with E-state index in [0.717, 1.165) is 56.2 Å². The number of H-pyrrole nitrogens is 1. The van der Waals surface area contributed by atoms with Crippen LogP contribution in [0, 0.1) is 5.82 Å². The number of aromatic amines is 1. The molecule has 1 aliphatic heterocycles. The number of carbonyl (C=O) groups excluding carboxylic acids is 1. The van der Waals surface area contributed by atoms with E-state index in [1.54, 1.807) is 13.0 Å². The fourth-order valence-electron chi connectivity index (χ4n) is 5.70. The molecule has 0 saturated carbocycles. The molecule has 1 aliphatic rings. The molecule has 1 N–H and O–H groups in total. The van der Waals surface area contributed by atoms with Gasteiger partial charge in [-0.05, 0) is 67.5 Å². The number of aryl methyl sites for hydroxylation is 2. The summed E-state index contributed by atoms with van der Waals surface area (Å²) in [4.78, 5) is 16.5. The van der Waals surface area contributed by atoms with E-state index < -0.39 is 5.97 Å². The summed E-state index contributed by atoms with van der Waals surface area (Å²) in [7, 11) is 0. The molecule has 0 spiro atoms. The molecule has 7 nitrogen and oxygen atoms in total. The van der Waals surface area contributed by atoms with Crippen molar-refractivity contribution < 1.29 is 23.4 Å². The molecule has 212 valence electrons. The minimum atomic E-state index is -0.408. The molecule has 3 heterocycles. The van der Waals surface area contributed by atoms with Gasteiger partial charge in [0.2, 0.25) is 0 Å². The lowest BCUT2D eigenvalue weighted by atomic mass is 9.97. The van der Waals surface area contributed by atoms with Gasteiger partial charge in [-0.3, -0.25) is 4.68 Å². The maximum Gasteiger partial charge on any atom is 0.355 e. The number of aromatic nitrogens is 3. The van der Waals surface area contributed by atoms with Crippen LogP contribution < -0.4 is 4.74 Å². The summed E-state index contributed by atoms with van der Waals surface area (Å²) in [6.45, 7) is 6.30. The molecule has 9 heteroatoms. The first kappa shape index (κ1) is 27.3. The third-order valence-corrected chi connectivity index (χ3v) is 7.86. The van der Waals surface area contributed by atoms with E-state index in [1.807, 2.05) is 35.0 Å². The Hall–Kier alpha value is -3.88. The lowest BCUT2D eigenvalue weighted by molar-refractivity contribution is 0.0519. The van der Waals surface area contributed by atoms with Crippen LogP contribution in [0.4, 0.5) is 4.39 Å². The van der Waals surface area contributed by atoms with Crippen LogP contribution in [0.3, 0.4) is 0 Å². The lowest BCUT2D eigenvalue weighted by Crippen LogP contribution is -2.17. The predicted octanol–water partition coefficient (Wildman–Crippen LogP) is 7.26. The molecule has 0 bridgehead atoms. The van der Waals surface area contributed by atoms with Crippen molar-refractivity contribution >= 4 is 39.2 Å². The highest BCUT2D eigenvalue weighted by Gasteiger charge is 2.27. The Bertz CT molecular complexity index is 1760. The van der Waals surface area contributed by atoms with E-state index in [0.29, 0.717) is 55.7 Å². The average molecular weight is 576 g/mol. The highest BCUT2D eigenvalue weighted by molar-refractivity contribution is 6.35. The van der Waals surface area contributed by atoms with Gasteiger partial charge < -0.3 is 19.2 Å². The second-order valence-electron chi connectivity index (χ2n) is 10.0. The summed E-state index contributed by atoms with van der Waals surface area (Å²) in [5.74, 6) is 0.00503. The molecule has 41 heavy (non-hydrogen) atoms. The van der Waals surface area contributed by atoms with Crippen LogP contribution in [0.1, 0.15) is 47.7 Å². The van der Waals surface area contributed by atoms with Crippen LogP contribution in [-0.4, -0.2) is 40.6 Å². The van der Waals surface area contributed by atoms with Crippen LogP contribution in [-0.2, 0) is 35.5 Å². The van der Waals surface area contributed by atoms with Gasteiger partial charge in [0.25, 0.3) is 0 Å². The van der Waals surface area contributed by atoms with E-state index >= 15 is 0 Å². The summed E-state index contributed by atoms with van der Waals surface area (Å²) >= 11 is 6.86. The Kier molecular flexibility index (Phi) is 7.69. The molecule has 0 radical (unpaired) electrons. The second-order valence-corrected chi connectivity index (χ2v) is 10.4. The molecule has 6 rings (SSSR count). The summed E-state index contributed by atoms with van der Waals surface area (Å²) in [5, 5.41) is 7.96. The Morgan fingerprint density at radius 2 is 2.00 bits per heavy atom. The van der Waals surface area contributed by atoms with Crippen LogP contribution in [0.25, 0.3) is 32.8 Å². The largest absolute Gasteiger partial charge is 0.493 e. The molecule has 0 aliphatic carbocycles.